The van der Waals surface area contributed by atoms with Gasteiger partial charge in [-0.2, -0.15) is 0 Å². The van der Waals surface area contributed by atoms with Gasteiger partial charge in [-0.15, -0.1) is 11.3 Å². The maximum absolute atomic E-state index is 13.7. The van der Waals surface area contributed by atoms with Crippen molar-refractivity contribution < 1.29 is 18.7 Å². The highest BCUT2D eigenvalue weighted by Gasteiger charge is 2.45. The summed E-state index contributed by atoms with van der Waals surface area (Å²) in [5, 5.41) is 4.90. The molecule has 126 valence electrons. The normalized spacial score (nSPS) is 18.9. The fraction of sp³-hybridized carbons (Fsp3) is 0.353. The smallest absolute Gasteiger partial charge is 0.311 e. The highest BCUT2D eigenvalue weighted by molar-refractivity contribution is 7.13. The molecule has 0 saturated heterocycles. The van der Waals surface area contributed by atoms with Gasteiger partial charge >= 0.3 is 5.97 Å². The number of hydrogen-bond acceptors (Lipinski definition) is 5. The summed E-state index contributed by atoms with van der Waals surface area (Å²) in [4.78, 5) is 27.9. The van der Waals surface area contributed by atoms with Crippen molar-refractivity contribution in [3.8, 4) is 0 Å². The summed E-state index contributed by atoms with van der Waals surface area (Å²) in [7, 11) is 0. The summed E-state index contributed by atoms with van der Waals surface area (Å²) >= 11 is 1.26. The van der Waals surface area contributed by atoms with Crippen molar-refractivity contribution in [2.24, 2.45) is 5.92 Å². The lowest BCUT2D eigenvalue weighted by Gasteiger charge is -2.03. The Morgan fingerprint density at radius 3 is 2.96 bits per heavy atom. The van der Waals surface area contributed by atoms with Gasteiger partial charge in [0, 0.05) is 11.3 Å². The number of aromatic nitrogens is 1. The second-order valence-corrected chi connectivity index (χ2v) is 6.44. The number of ether oxygens (including phenoxy) is 1. The van der Waals surface area contributed by atoms with Crippen LogP contribution in [0.1, 0.15) is 30.5 Å². The fourth-order valence-corrected chi connectivity index (χ4v) is 3.32. The lowest BCUT2D eigenvalue weighted by molar-refractivity contribution is -0.142. The molecule has 1 aliphatic carbocycles. The van der Waals surface area contributed by atoms with E-state index >= 15 is 0 Å². The Kier molecular flexibility index (Phi) is 4.89. The minimum absolute atomic E-state index is 0.0786. The quantitative estimate of drug-likeness (QED) is 0.815. The standard InChI is InChI=1S/C17H17FN2O3S/c1-2-23-15(21)7-10-9-24-17(19-10)20-16(22)13-8-12(13)11-5-3-4-6-14(11)18/h3-6,9,12-13H,2,7-8H2,1H3,(H,19,20,22). The first-order chi connectivity index (χ1) is 11.6. The summed E-state index contributed by atoms with van der Waals surface area (Å²) < 4.78 is 18.6. The molecule has 1 aliphatic rings. The van der Waals surface area contributed by atoms with Crippen LogP contribution in [0.5, 0.6) is 0 Å². The average molecular weight is 348 g/mol. The van der Waals surface area contributed by atoms with E-state index in [0.717, 1.165) is 0 Å². The van der Waals surface area contributed by atoms with E-state index in [1.54, 1.807) is 30.5 Å². The molecular weight excluding hydrogens is 331 g/mol. The van der Waals surface area contributed by atoms with Gasteiger partial charge in [0.05, 0.1) is 18.7 Å². The van der Waals surface area contributed by atoms with Gasteiger partial charge in [0.1, 0.15) is 5.82 Å². The molecule has 1 amide bonds. The predicted octanol–water partition coefficient (Wildman–Crippen LogP) is 3.13. The molecule has 5 nitrogen and oxygen atoms in total. The Morgan fingerprint density at radius 1 is 1.42 bits per heavy atom. The first-order valence-electron chi connectivity index (χ1n) is 7.73. The molecule has 1 saturated carbocycles. The zero-order chi connectivity index (χ0) is 17.1. The third kappa shape index (κ3) is 3.79. The Balaban J connectivity index is 1.56. The van der Waals surface area contributed by atoms with Gasteiger partial charge in [-0.3, -0.25) is 9.59 Å². The van der Waals surface area contributed by atoms with Crippen molar-refractivity contribution in [3.63, 3.8) is 0 Å². The second kappa shape index (κ2) is 7.09. The molecule has 7 heteroatoms. The Hall–Kier alpha value is -2.28. The van der Waals surface area contributed by atoms with E-state index in [0.29, 0.717) is 29.4 Å². The molecule has 0 spiro atoms. The first kappa shape index (κ1) is 16.6. The summed E-state index contributed by atoms with van der Waals surface area (Å²) in [5.74, 6) is -1.10. The second-order valence-electron chi connectivity index (χ2n) is 5.59. The number of amides is 1. The number of hydrogen-bond donors (Lipinski definition) is 1. The lowest BCUT2D eigenvalue weighted by Crippen LogP contribution is -2.15. The third-order valence-electron chi connectivity index (χ3n) is 3.84. The molecule has 24 heavy (non-hydrogen) atoms. The van der Waals surface area contributed by atoms with Gasteiger partial charge in [0.25, 0.3) is 0 Å². The van der Waals surface area contributed by atoms with Crippen LogP contribution in [0.25, 0.3) is 0 Å². The van der Waals surface area contributed by atoms with E-state index in [4.69, 9.17) is 4.74 Å². The van der Waals surface area contributed by atoms with Crippen LogP contribution in [0.2, 0.25) is 0 Å². The summed E-state index contributed by atoms with van der Waals surface area (Å²) in [5.41, 5.74) is 1.15. The molecular formula is C17H17FN2O3S. The van der Waals surface area contributed by atoms with Crippen molar-refractivity contribution in [1.82, 2.24) is 4.98 Å². The van der Waals surface area contributed by atoms with Crippen molar-refractivity contribution in [1.29, 1.82) is 0 Å². The van der Waals surface area contributed by atoms with Gasteiger partial charge in [-0.05, 0) is 30.9 Å². The number of thiazole rings is 1. The van der Waals surface area contributed by atoms with Crippen LogP contribution in [-0.4, -0.2) is 23.5 Å². The number of anilines is 1. The number of nitrogens with zero attached hydrogens (tertiary/aromatic N) is 1. The molecule has 0 bridgehead atoms. The monoisotopic (exact) mass is 348 g/mol. The zero-order valence-corrected chi connectivity index (χ0v) is 13.9. The highest BCUT2D eigenvalue weighted by atomic mass is 32.1. The zero-order valence-electron chi connectivity index (χ0n) is 13.1. The van der Waals surface area contributed by atoms with Gasteiger partial charge in [-0.25, -0.2) is 9.37 Å². The minimum atomic E-state index is -0.345. The number of carbonyl (C=O) groups is 2. The van der Waals surface area contributed by atoms with E-state index in [1.807, 2.05) is 0 Å². The van der Waals surface area contributed by atoms with Crippen LogP contribution >= 0.6 is 11.3 Å². The van der Waals surface area contributed by atoms with Crippen LogP contribution < -0.4 is 5.32 Å². The molecule has 0 radical (unpaired) electrons. The van der Waals surface area contributed by atoms with Crippen LogP contribution in [0.3, 0.4) is 0 Å². The number of benzene rings is 1. The van der Waals surface area contributed by atoms with Crippen molar-refractivity contribution in [2.45, 2.75) is 25.7 Å². The lowest BCUT2D eigenvalue weighted by atomic mass is 10.1. The number of carbonyl (C=O) groups excluding carboxylic acids is 2. The van der Waals surface area contributed by atoms with Crippen LogP contribution in [0.4, 0.5) is 9.52 Å². The fourth-order valence-electron chi connectivity index (χ4n) is 2.61. The molecule has 2 atom stereocenters. The Morgan fingerprint density at radius 2 is 2.21 bits per heavy atom. The number of esters is 1. The topological polar surface area (TPSA) is 68.3 Å². The highest BCUT2D eigenvalue weighted by Crippen LogP contribution is 2.48. The molecule has 1 aromatic heterocycles. The van der Waals surface area contributed by atoms with Crippen LogP contribution in [-0.2, 0) is 20.7 Å². The molecule has 2 aromatic rings. The van der Waals surface area contributed by atoms with Gasteiger partial charge in [0.15, 0.2) is 5.13 Å². The SMILES string of the molecule is CCOC(=O)Cc1csc(NC(=O)C2CC2c2ccccc2F)n1. The van der Waals surface area contributed by atoms with Crippen LogP contribution in [0.15, 0.2) is 29.6 Å². The van der Waals surface area contributed by atoms with Gasteiger partial charge < -0.3 is 10.1 Å². The number of halogens is 1. The molecule has 1 fully saturated rings. The summed E-state index contributed by atoms with van der Waals surface area (Å²) in [6.07, 6.45) is 0.718. The van der Waals surface area contributed by atoms with E-state index < -0.39 is 0 Å². The molecule has 0 aliphatic heterocycles. The molecule has 2 unspecified atom stereocenters. The minimum Gasteiger partial charge on any atom is -0.466 e. The Bertz CT molecular complexity index is 762. The van der Waals surface area contributed by atoms with E-state index in [-0.39, 0.29) is 36.0 Å². The first-order valence-corrected chi connectivity index (χ1v) is 8.61. The molecule has 1 N–H and O–H groups in total. The average Bonchev–Trinajstić information content (AvgIpc) is 3.23. The maximum atomic E-state index is 13.7. The molecule has 3 rings (SSSR count). The van der Waals surface area contributed by atoms with Crippen molar-refractivity contribution in [3.05, 3.63) is 46.7 Å². The Labute approximate surface area is 142 Å². The van der Waals surface area contributed by atoms with Gasteiger partial charge in [-0.1, -0.05) is 18.2 Å². The number of rotatable bonds is 6. The number of nitrogens with one attached hydrogen (secondary N) is 1. The van der Waals surface area contributed by atoms with Gasteiger partial charge in [0.2, 0.25) is 5.91 Å². The summed E-state index contributed by atoms with van der Waals surface area (Å²) in [6, 6.07) is 6.53. The summed E-state index contributed by atoms with van der Waals surface area (Å²) in [6.45, 7) is 2.07. The van der Waals surface area contributed by atoms with E-state index in [2.05, 4.69) is 10.3 Å². The van der Waals surface area contributed by atoms with E-state index in [9.17, 15) is 14.0 Å². The van der Waals surface area contributed by atoms with Crippen LogP contribution in [0, 0.1) is 11.7 Å². The van der Waals surface area contributed by atoms with E-state index in [1.165, 1.54) is 17.4 Å². The van der Waals surface area contributed by atoms with Crippen molar-refractivity contribution in [2.75, 3.05) is 11.9 Å². The van der Waals surface area contributed by atoms with Crippen molar-refractivity contribution >= 4 is 28.3 Å². The predicted molar refractivity (Wildman–Crippen MR) is 88.3 cm³/mol. The third-order valence-corrected chi connectivity index (χ3v) is 4.65. The molecule has 1 heterocycles. The largest absolute Gasteiger partial charge is 0.466 e. The molecule has 1 aromatic carbocycles. The maximum Gasteiger partial charge on any atom is 0.311 e.